The second-order valence-corrected chi connectivity index (χ2v) is 7.59. The highest BCUT2D eigenvalue weighted by molar-refractivity contribution is 6.36. The summed E-state index contributed by atoms with van der Waals surface area (Å²) in [5.41, 5.74) is 8.11. The van der Waals surface area contributed by atoms with Crippen LogP contribution in [0.3, 0.4) is 0 Å². The number of nitrogens with two attached hydrogens (primary N) is 1. The summed E-state index contributed by atoms with van der Waals surface area (Å²) in [6.45, 7) is 0.615. The first kappa shape index (κ1) is 22.9. The standard InChI is InChI=1S/C16H12Cl2N2.C8H6N2O2/c17-14-4-2-5-15(18)13(14)10-20-8-7-12-11(9-19)3-1-6-16(12)20;9-4-6-3-5(8(10)12)1-2-7(6)11/h1-9,19H,10H2;1-3,11H,(H2,10,12). The quantitative estimate of drug-likeness (QED) is 0.353. The number of phenols is 1. The normalized spacial score (nSPS) is 10.2. The summed E-state index contributed by atoms with van der Waals surface area (Å²) in [5.74, 6) is -0.769. The second-order valence-electron chi connectivity index (χ2n) is 6.78. The minimum Gasteiger partial charge on any atom is -0.507 e. The van der Waals surface area contributed by atoms with Gasteiger partial charge in [0.15, 0.2) is 0 Å². The van der Waals surface area contributed by atoms with Gasteiger partial charge in [-0.3, -0.25) is 4.79 Å². The van der Waals surface area contributed by atoms with Gasteiger partial charge in [-0.05, 0) is 42.5 Å². The first-order valence-electron chi connectivity index (χ1n) is 9.39. The molecule has 4 rings (SSSR count). The predicted molar refractivity (Wildman–Crippen MR) is 127 cm³/mol. The summed E-state index contributed by atoms with van der Waals surface area (Å²) in [7, 11) is 0. The molecule has 0 radical (unpaired) electrons. The average molecular weight is 465 g/mol. The smallest absolute Gasteiger partial charge is 0.248 e. The van der Waals surface area contributed by atoms with Gasteiger partial charge in [-0.1, -0.05) is 41.4 Å². The molecule has 0 saturated heterocycles. The van der Waals surface area contributed by atoms with Gasteiger partial charge < -0.3 is 20.8 Å². The van der Waals surface area contributed by atoms with Gasteiger partial charge in [0, 0.05) is 50.0 Å². The van der Waals surface area contributed by atoms with Crippen LogP contribution in [0.1, 0.15) is 27.0 Å². The lowest BCUT2D eigenvalue weighted by Gasteiger charge is -2.09. The Bertz CT molecular complexity index is 1340. The lowest BCUT2D eigenvalue weighted by molar-refractivity contribution is 0.1000. The number of carbonyl (C=O) groups is 1. The summed E-state index contributed by atoms with van der Waals surface area (Å²) in [6, 6.07) is 19.1. The number of phenolic OH excluding ortho intramolecular Hbond substituents is 1. The van der Waals surface area contributed by atoms with Crippen LogP contribution in [-0.2, 0) is 6.54 Å². The molecular formula is C24H18Cl2N4O2. The topological polar surface area (TPSA) is 116 Å². The molecule has 0 saturated carbocycles. The number of aromatic nitrogens is 1. The molecule has 8 heteroatoms. The summed E-state index contributed by atoms with van der Waals surface area (Å²) in [5, 5.41) is 27.4. The highest BCUT2D eigenvalue weighted by Gasteiger charge is 2.09. The van der Waals surface area contributed by atoms with E-state index in [-0.39, 0.29) is 16.9 Å². The van der Waals surface area contributed by atoms with E-state index in [1.54, 1.807) is 6.07 Å². The van der Waals surface area contributed by atoms with Crippen LogP contribution in [0.5, 0.6) is 5.75 Å². The monoisotopic (exact) mass is 464 g/mol. The number of nitrogens with zero attached hydrogens (tertiary/aromatic N) is 2. The van der Waals surface area contributed by atoms with E-state index in [9.17, 15) is 4.79 Å². The van der Waals surface area contributed by atoms with Crippen molar-refractivity contribution in [1.29, 1.82) is 10.7 Å². The minimum absolute atomic E-state index is 0.0475. The van der Waals surface area contributed by atoms with Gasteiger partial charge in [0.2, 0.25) is 5.91 Å². The zero-order valence-electron chi connectivity index (χ0n) is 16.7. The second kappa shape index (κ2) is 10.0. The number of hydrogen-bond donors (Lipinski definition) is 3. The summed E-state index contributed by atoms with van der Waals surface area (Å²) >= 11 is 12.4. The van der Waals surface area contributed by atoms with Gasteiger partial charge in [0.1, 0.15) is 11.8 Å². The van der Waals surface area contributed by atoms with Crippen molar-refractivity contribution >= 4 is 46.2 Å². The Morgan fingerprint density at radius 1 is 1.12 bits per heavy atom. The van der Waals surface area contributed by atoms with E-state index in [0.29, 0.717) is 16.6 Å². The molecule has 0 bridgehead atoms. The Balaban J connectivity index is 0.000000207. The molecule has 0 spiro atoms. The fourth-order valence-electron chi connectivity index (χ4n) is 3.14. The molecule has 0 unspecified atom stereocenters. The van der Waals surface area contributed by atoms with Crippen molar-refractivity contribution in [3.8, 4) is 11.8 Å². The summed E-state index contributed by atoms with van der Waals surface area (Å²) in [6.07, 6.45) is 3.37. The Hall–Kier alpha value is -3.79. The highest BCUT2D eigenvalue weighted by Crippen LogP contribution is 2.27. The number of aromatic hydroxyl groups is 1. The molecule has 160 valence electrons. The fraction of sp³-hybridized carbons (Fsp3) is 0.0417. The Labute approximate surface area is 194 Å². The maximum absolute atomic E-state index is 10.6. The number of primary amides is 1. The van der Waals surface area contributed by atoms with Crippen molar-refractivity contribution in [3.05, 3.63) is 99.2 Å². The molecule has 3 aromatic carbocycles. The van der Waals surface area contributed by atoms with Gasteiger partial charge >= 0.3 is 0 Å². The van der Waals surface area contributed by atoms with E-state index in [2.05, 4.69) is 4.57 Å². The van der Waals surface area contributed by atoms with Gasteiger partial charge in [-0.15, -0.1) is 0 Å². The molecule has 0 aliphatic heterocycles. The Kier molecular flexibility index (Phi) is 7.16. The van der Waals surface area contributed by atoms with E-state index in [0.717, 1.165) is 22.0 Å². The van der Waals surface area contributed by atoms with E-state index < -0.39 is 5.91 Å². The molecule has 1 amide bonds. The van der Waals surface area contributed by atoms with Crippen LogP contribution >= 0.6 is 23.2 Å². The van der Waals surface area contributed by atoms with Crippen LogP contribution in [0, 0.1) is 16.7 Å². The molecular weight excluding hydrogens is 447 g/mol. The van der Waals surface area contributed by atoms with Crippen LogP contribution in [0.25, 0.3) is 10.9 Å². The number of fused-ring (bicyclic) bond motifs is 1. The van der Waals surface area contributed by atoms with Crippen LogP contribution in [-0.4, -0.2) is 21.8 Å². The number of benzene rings is 3. The number of nitrogens with one attached hydrogen (secondary N) is 1. The maximum atomic E-state index is 10.6. The Morgan fingerprint density at radius 3 is 2.44 bits per heavy atom. The van der Waals surface area contributed by atoms with Gasteiger partial charge in [0.25, 0.3) is 0 Å². The Morgan fingerprint density at radius 2 is 1.81 bits per heavy atom. The number of amides is 1. The number of hydrogen-bond acceptors (Lipinski definition) is 4. The molecule has 0 fully saturated rings. The third kappa shape index (κ3) is 4.92. The lowest BCUT2D eigenvalue weighted by Crippen LogP contribution is -2.10. The van der Waals surface area contributed by atoms with Gasteiger partial charge in [0.05, 0.1) is 12.1 Å². The third-order valence-corrected chi connectivity index (χ3v) is 5.50. The van der Waals surface area contributed by atoms with Crippen LogP contribution in [0.15, 0.2) is 66.9 Å². The van der Waals surface area contributed by atoms with Crippen molar-refractivity contribution in [2.45, 2.75) is 6.54 Å². The SMILES string of the molecule is N#Cc1cc(C(N)=O)ccc1O.N=Cc1cccc2c1ccn2Cc1c(Cl)cccc1Cl. The number of halogens is 2. The van der Waals surface area contributed by atoms with Crippen LogP contribution < -0.4 is 5.73 Å². The molecule has 0 atom stereocenters. The van der Waals surface area contributed by atoms with Crippen molar-refractivity contribution in [2.75, 3.05) is 0 Å². The zero-order valence-corrected chi connectivity index (χ0v) is 18.2. The van der Waals surface area contributed by atoms with Crippen LogP contribution in [0.4, 0.5) is 0 Å². The number of carbonyl (C=O) groups excluding carboxylic acids is 1. The molecule has 0 aliphatic carbocycles. The van der Waals surface area contributed by atoms with Crippen LogP contribution in [0.2, 0.25) is 10.0 Å². The van der Waals surface area contributed by atoms with Gasteiger partial charge in [-0.2, -0.15) is 5.26 Å². The molecule has 32 heavy (non-hydrogen) atoms. The molecule has 4 N–H and O–H groups in total. The fourth-order valence-corrected chi connectivity index (χ4v) is 3.66. The van der Waals surface area contributed by atoms with E-state index in [4.69, 9.17) is 44.7 Å². The summed E-state index contributed by atoms with van der Waals surface area (Å²) < 4.78 is 2.09. The first-order valence-corrected chi connectivity index (χ1v) is 10.2. The first-order chi connectivity index (χ1) is 15.3. The van der Waals surface area contributed by atoms with Crippen molar-refractivity contribution in [1.82, 2.24) is 4.57 Å². The molecule has 1 heterocycles. The van der Waals surface area contributed by atoms with Crippen molar-refractivity contribution in [3.63, 3.8) is 0 Å². The predicted octanol–water partition coefficient (Wildman–Crippen LogP) is 5.36. The average Bonchev–Trinajstić information content (AvgIpc) is 3.20. The highest BCUT2D eigenvalue weighted by atomic mass is 35.5. The van der Waals surface area contributed by atoms with Crippen molar-refractivity contribution in [2.24, 2.45) is 5.73 Å². The van der Waals surface area contributed by atoms with Gasteiger partial charge in [-0.25, -0.2) is 0 Å². The van der Waals surface area contributed by atoms with E-state index in [1.165, 1.54) is 24.4 Å². The van der Waals surface area contributed by atoms with E-state index >= 15 is 0 Å². The largest absolute Gasteiger partial charge is 0.507 e. The number of nitriles is 1. The zero-order chi connectivity index (χ0) is 23.3. The molecule has 6 nitrogen and oxygen atoms in total. The molecule has 0 aliphatic rings. The third-order valence-electron chi connectivity index (χ3n) is 4.79. The summed E-state index contributed by atoms with van der Waals surface area (Å²) in [4.78, 5) is 10.6. The molecule has 1 aromatic heterocycles. The van der Waals surface area contributed by atoms with E-state index in [1.807, 2.05) is 48.7 Å². The molecule has 4 aromatic rings. The minimum atomic E-state index is -0.619. The lowest BCUT2D eigenvalue weighted by atomic mass is 10.1. The maximum Gasteiger partial charge on any atom is 0.248 e. The van der Waals surface area contributed by atoms with Crippen molar-refractivity contribution < 1.29 is 9.90 Å². The number of rotatable bonds is 4.